The summed E-state index contributed by atoms with van der Waals surface area (Å²) in [6.45, 7) is 1.80. The Balaban J connectivity index is 2.40. The minimum Gasteiger partial charge on any atom is -0.481 e. The number of carboxylic acids is 1. The molecule has 11 heteroatoms. The van der Waals surface area contributed by atoms with Crippen molar-refractivity contribution < 1.29 is 28.5 Å². The van der Waals surface area contributed by atoms with Crippen molar-refractivity contribution in [1.82, 2.24) is 9.03 Å². The number of carboxylic acid groups (broad SMARTS) is 1. The molecule has 0 spiro atoms. The third kappa shape index (κ3) is 5.50. The number of halogens is 2. The molecule has 1 aliphatic rings. The first kappa shape index (κ1) is 21.8. The summed E-state index contributed by atoms with van der Waals surface area (Å²) in [6.07, 6.45) is 1.29. The van der Waals surface area contributed by atoms with E-state index in [9.17, 15) is 18.7 Å². The number of esters is 1. The Morgan fingerprint density at radius 1 is 1.33 bits per heavy atom. The third-order valence-corrected chi connectivity index (χ3v) is 5.81. The van der Waals surface area contributed by atoms with Gasteiger partial charge in [-0.3, -0.25) is 18.2 Å². The van der Waals surface area contributed by atoms with E-state index in [0.717, 1.165) is 4.31 Å². The number of nitrogens with one attached hydrogen (secondary N) is 1. The summed E-state index contributed by atoms with van der Waals surface area (Å²) in [5, 5.41) is 9.39. The van der Waals surface area contributed by atoms with Gasteiger partial charge in [0.05, 0.1) is 18.2 Å². The Bertz CT molecular complexity index is 758. The molecule has 1 aliphatic heterocycles. The molecule has 1 aromatic carbocycles. The Labute approximate surface area is 168 Å². The van der Waals surface area contributed by atoms with E-state index in [2.05, 4.69) is 4.72 Å². The van der Waals surface area contributed by atoms with Gasteiger partial charge in [0.2, 0.25) is 0 Å². The highest BCUT2D eigenvalue weighted by Gasteiger charge is 2.37. The molecule has 1 aromatic rings. The van der Waals surface area contributed by atoms with Gasteiger partial charge in [-0.25, -0.2) is 4.79 Å². The Kier molecular flexibility index (Phi) is 7.38. The van der Waals surface area contributed by atoms with Gasteiger partial charge in [0.15, 0.2) is 0 Å². The lowest BCUT2D eigenvalue weighted by Crippen LogP contribution is -2.43. The van der Waals surface area contributed by atoms with Crippen LogP contribution in [-0.4, -0.2) is 43.6 Å². The van der Waals surface area contributed by atoms with Crippen LogP contribution in [0.1, 0.15) is 31.4 Å². The molecule has 0 aromatic heterocycles. The Hall–Kier alpha value is -1.49. The van der Waals surface area contributed by atoms with Crippen LogP contribution in [0.15, 0.2) is 30.0 Å². The molecule has 0 saturated carbocycles. The smallest absolute Gasteiger partial charge is 0.337 e. The van der Waals surface area contributed by atoms with Crippen LogP contribution in [0.2, 0.25) is 10.0 Å². The largest absolute Gasteiger partial charge is 0.481 e. The molecule has 1 heterocycles. The molecular formula is C16H20Cl2N2O6S. The summed E-state index contributed by atoms with van der Waals surface area (Å²) in [7, 11) is -3.51. The van der Waals surface area contributed by atoms with Crippen molar-refractivity contribution in [3.63, 3.8) is 0 Å². The van der Waals surface area contributed by atoms with Crippen molar-refractivity contribution in [2.45, 2.75) is 25.8 Å². The maximum Gasteiger partial charge on any atom is 0.337 e. The summed E-state index contributed by atoms with van der Waals surface area (Å²) < 4.78 is 29.7. The first-order valence-corrected chi connectivity index (χ1v) is 10.3. The van der Waals surface area contributed by atoms with Gasteiger partial charge in [-0.15, -0.1) is 0 Å². The Morgan fingerprint density at radius 2 is 2.04 bits per heavy atom. The minimum absolute atomic E-state index is 0.0195. The van der Waals surface area contributed by atoms with Crippen molar-refractivity contribution in [1.29, 1.82) is 0 Å². The van der Waals surface area contributed by atoms with E-state index in [4.69, 9.17) is 33.0 Å². The van der Waals surface area contributed by atoms with Crippen LogP contribution >= 0.6 is 34.2 Å². The van der Waals surface area contributed by atoms with Gasteiger partial charge in [0, 0.05) is 29.2 Å². The van der Waals surface area contributed by atoms with Crippen LogP contribution in [-0.2, 0) is 14.3 Å². The standard InChI is InChI=1S/C16H20Cl2N2O6S/c1-2-26-16(23)12-9-20(7-3-4-14(21)22)27(24,25)19-15(12)11-6-5-10(17)8-13(11)18/h5-6,8-9,15,19,24-25H,2-4,7H2,1H3,(H,21,22). The molecule has 4 N–H and O–H groups in total. The van der Waals surface area contributed by atoms with Crippen molar-refractivity contribution in [2.75, 3.05) is 13.2 Å². The Morgan fingerprint density at radius 3 is 2.63 bits per heavy atom. The van der Waals surface area contributed by atoms with Crippen molar-refractivity contribution >= 4 is 46.1 Å². The molecule has 0 aliphatic carbocycles. The molecule has 0 bridgehead atoms. The molecule has 150 valence electrons. The molecule has 0 radical (unpaired) electrons. The molecule has 2 rings (SSSR count). The lowest BCUT2D eigenvalue weighted by atomic mass is 10.00. The van der Waals surface area contributed by atoms with Gasteiger partial charge in [0.25, 0.3) is 0 Å². The second-order valence-electron chi connectivity index (χ2n) is 5.68. The third-order valence-electron chi connectivity index (χ3n) is 3.75. The molecule has 27 heavy (non-hydrogen) atoms. The summed E-state index contributed by atoms with van der Waals surface area (Å²) in [5.74, 6) is -1.66. The number of hydrogen-bond donors (Lipinski definition) is 4. The number of rotatable bonds is 7. The molecule has 0 amide bonds. The van der Waals surface area contributed by atoms with E-state index in [1.54, 1.807) is 19.1 Å². The highest BCUT2D eigenvalue weighted by Crippen LogP contribution is 2.49. The zero-order valence-electron chi connectivity index (χ0n) is 14.4. The maximum atomic E-state index is 12.4. The topological polar surface area (TPSA) is 119 Å². The fourth-order valence-electron chi connectivity index (χ4n) is 2.52. The lowest BCUT2D eigenvalue weighted by molar-refractivity contribution is -0.139. The maximum absolute atomic E-state index is 12.4. The number of carbonyl (C=O) groups excluding carboxylic acids is 1. The van der Waals surface area contributed by atoms with E-state index in [1.165, 1.54) is 12.3 Å². The van der Waals surface area contributed by atoms with Crippen LogP contribution in [0.3, 0.4) is 0 Å². The predicted octanol–water partition coefficient (Wildman–Crippen LogP) is 3.83. The normalized spacial score (nSPS) is 20.0. The van der Waals surface area contributed by atoms with Crippen molar-refractivity contribution in [2.24, 2.45) is 0 Å². The zero-order chi connectivity index (χ0) is 20.2. The number of carbonyl (C=O) groups is 2. The number of nitrogens with zero attached hydrogens (tertiary/aromatic N) is 1. The second kappa shape index (κ2) is 9.13. The van der Waals surface area contributed by atoms with Gasteiger partial charge in [-0.1, -0.05) is 40.2 Å². The van der Waals surface area contributed by atoms with E-state index in [1.807, 2.05) is 0 Å². The number of benzene rings is 1. The van der Waals surface area contributed by atoms with Gasteiger partial charge in [0.1, 0.15) is 0 Å². The van der Waals surface area contributed by atoms with Gasteiger partial charge in [-0.2, -0.15) is 4.72 Å². The van der Waals surface area contributed by atoms with E-state index in [-0.39, 0.29) is 36.6 Å². The van der Waals surface area contributed by atoms with E-state index >= 15 is 0 Å². The average molecular weight is 439 g/mol. The van der Waals surface area contributed by atoms with Crippen LogP contribution in [0, 0.1) is 0 Å². The first-order valence-electron chi connectivity index (χ1n) is 8.03. The van der Waals surface area contributed by atoms with E-state index < -0.39 is 28.9 Å². The molecule has 0 saturated heterocycles. The fourth-order valence-corrected chi connectivity index (χ4v) is 4.39. The number of ether oxygens (including phenoxy) is 1. The van der Waals surface area contributed by atoms with Crippen molar-refractivity contribution in [3.8, 4) is 0 Å². The molecule has 1 atom stereocenters. The van der Waals surface area contributed by atoms with E-state index in [0.29, 0.717) is 10.6 Å². The fraction of sp³-hybridized carbons (Fsp3) is 0.375. The quantitative estimate of drug-likeness (QED) is 0.474. The molecule has 1 unspecified atom stereocenters. The summed E-state index contributed by atoms with van der Waals surface area (Å²) in [4.78, 5) is 23.1. The summed E-state index contributed by atoms with van der Waals surface area (Å²) >= 11 is 12.1. The average Bonchev–Trinajstić information content (AvgIpc) is 2.55. The van der Waals surface area contributed by atoms with Gasteiger partial charge in [-0.05, 0) is 31.0 Å². The minimum atomic E-state index is -3.51. The summed E-state index contributed by atoms with van der Waals surface area (Å²) in [5.41, 5.74) is 0.535. The van der Waals surface area contributed by atoms with Crippen molar-refractivity contribution in [3.05, 3.63) is 45.6 Å². The second-order valence-corrected chi connectivity index (χ2v) is 8.26. The van der Waals surface area contributed by atoms with Crippen LogP contribution in [0.4, 0.5) is 0 Å². The lowest BCUT2D eigenvalue weighted by Gasteiger charge is -2.48. The van der Waals surface area contributed by atoms with Gasteiger partial charge < -0.3 is 9.84 Å². The number of hydrogen-bond acceptors (Lipinski definition) is 7. The van der Waals surface area contributed by atoms with Crippen LogP contribution in [0.25, 0.3) is 0 Å². The van der Waals surface area contributed by atoms with Crippen LogP contribution < -0.4 is 4.72 Å². The number of aliphatic carboxylic acids is 1. The molecular weight excluding hydrogens is 419 g/mol. The predicted molar refractivity (Wildman–Crippen MR) is 103 cm³/mol. The zero-order valence-corrected chi connectivity index (χ0v) is 16.7. The first-order chi connectivity index (χ1) is 12.7. The highest BCUT2D eigenvalue weighted by molar-refractivity contribution is 8.20. The monoisotopic (exact) mass is 438 g/mol. The van der Waals surface area contributed by atoms with Gasteiger partial charge >= 0.3 is 11.9 Å². The highest BCUT2D eigenvalue weighted by atomic mass is 35.5. The molecule has 0 fully saturated rings. The van der Waals surface area contributed by atoms with Crippen LogP contribution in [0.5, 0.6) is 0 Å². The molecule has 8 nitrogen and oxygen atoms in total. The summed E-state index contributed by atoms with van der Waals surface area (Å²) in [6, 6.07) is 3.69. The SMILES string of the molecule is CCOC(=O)C1=CN(CCCC(=O)O)S(O)(O)NC1c1ccc(Cl)cc1Cl.